The zero-order valence-corrected chi connectivity index (χ0v) is 15.3. The number of carbonyl (C=O) groups excluding carboxylic acids is 2. The number of amides is 1. The molecule has 0 unspecified atom stereocenters. The largest absolute Gasteiger partial charge is 0.497 e. The molecule has 0 saturated heterocycles. The smallest absolute Gasteiger partial charge is 0.344 e. The maximum atomic E-state index is 11.9. The lowest BCUT2D eigenvalue weighted by molar-refractivity contribution is -0.150. The Morgan fingerprint density at radius 2 is 1.77 bits per heavy atom. The molecule has 2 aromatic rings. The summed E-state index contributed by atoms with van der Waals surface area (Å²) in [6.45, 7) is 1.15. The molecule has 0 saturated carbocycles. The van der Waals surface area contributed by atoms with E-state index >= 15 is 0 Å². The first-order valence-corrected chi connectivity index (χ1v) is 8.33. The Morgan fingerprint density at radius 1 is 1.08 bits per heavy atom. The normalized spacial score (nSPS) is 11.3. The number of ether oxygens (including phenoxy) is 3. The third-order valence-corrected chi connectivity index (χ3v) is 3.74. The first-order chi connectivity index (χ1) is 12.5. The molecule has 26 heavy (non-hydrogen) atoms. The third-order valence-electron chi connectivity index (χ3n) is 3.51. The number of rotatable bonds is 8. The molecular formula is C19H20ClNO5. The van der Waals surface area contributed by atoms with Gasteiger partial charge in [0, 0.05) is 5.02 Å². The zero-order valence-electron chi connectivity index (χ0n) is 14.5. The average molecular weight is 378 g/mol. The second-order valence-electron chi connectivity index (χ2n) is 5.47. The summed E-state index contributed by atoms with van der Waals surface area (Å²) in [6.07, 6.45) is 0. The quantitative estimate of drug-likeness (QED) is 0.715. The summed E-state index contributed by atoms with van der Waals surface area (Å²) in [4.78, 5) is 23.6. The van der Waals surface area contributed by atoms with Crippen LogP contribution in [0.1, 0.15) is 18.5 Å². The molecule has 0 radical (unpaired) electrons. The number of benzene rings is 2. The van der Waals surface area contributed by atoms with Gasteiger partial charge in [-0.2, -0.15) is 0 Å². The molecule has 0 heterocycles. The van der Waals surface area contributed by atoms with E-state index in [9.17, 15) is 9.59 Å². The second-order valence-corrected chi connectivity index (χ2v) is 5.91. The van der Waals surface area contributed by atoms with E-state index in [1.807, 2.05) is 13.0 Å². The fourth-order valence-electron chi connectivity index (χ4n) is 2.14. The Kier molecular flexibility index (Phi) is 7.29. The molecular weight excluding hydrogens is 358 g/mol. The minimum Gasteiger partial charge on any atom is -0.497 e. The van der Waals surface area contributed by atoms with Crippen LogP contribution < -0.4 is 14.8 Å². The number of esters is 1. The number of methoxy groups -OCH3 is 1. The fourth-order valence-corrected chi connectivity index (χ4v) is 2.34. The monoisotopic (exact) mass is 377 g/mol. The van der Waals surface area contributed by atoms with Crippen LogP contribution in [-0.2, 0) is 14.3 Å². The van der Waals surface area contributed by atoms with E-state index in [2.05, 4.69) is 5.32 Å². The number of halogens is 1. The van der Waals surface area contributed by atoms with E-state index < -0.39 is 11.9 Å². The summed E-state index contributed by atoms with van der Waals surface area (Å²) < 4.78 is 15.2. The molecule has 6 nitrogen and oxygen atoms in total. The van der Waals surface area contributed by atoms with Crippen molar-refractivity contribution in [3.63, 3.8) is 0 Å². The van der Waals surface area contributed by atoms with E-state index in [-0.39, 0.29) is 19.3 Å². The van der Waals surface area contributed by atoms with Crippen molar-refractivity contribution in [2.75, 3.05) is 20.3 Å². The Hall–Kier alpha value is -2.73. The van der Waals surface area contributed by atoms with Gasteiger partial charge in [0.2, 0.25) is 0 Å². The number of nitrogens with one attached hydrogen (secondary N) is 1. The molecule has 0 aromatic heterocycles. The molecule has 2 rings (SSSR count). The molecule has 1 amide bonds. The van der Waals surface area contributed by atoms with Crippen LogP contribution in [0.4, 0.5) is 0 Å². The molecule has 7 heteroatoms. The van der Waals surface area contributed by atoms with Crippen LogP contribution in [0.15, 0.2) is 48.5 Å². The summed E-state index contributed by atoms with van der Waals surface area (Å²) in [7, 11) is 1.56. The Labute approximate surface area is 157 Å². The fraction of sp³-hybridized carbons (Fsp3) is 0.263. The molecule has 1 atom stereocenters. The molecule has 0 spiro atoms. The lowest BCUT2D eigenvalue weighted by Crippen LogP contribution is -2.31. The highest BCUT2D eigenvalue weighted by molar-refractivity contribution is 6.30. The lowest BCUT2D eigenvalue weighted by atomic mass is 10.1. The highest BCUT2D eigenvalue weighted by atomic mass is 35.5. The summed E-state index contributed by atoms with van der Waals surface area (Å²) in [5.41, 5.74) is 0.861. The van der Waals surface area contributed by atoms with Crippen LogP contribution in [0.25, 0.3) is 0 Å². The Balaban J connectivity index is 1.71. The maximum Gasteiger partial charge on any atom is 0.344 e. The van der Waals surface area contributed by atoms with Gasteiger partial charge in [0.15, 0.2) is 13.2 Å². The molecule has 0 aliphatic heterocycles. The first-order valence-electron chi connectivity index (χ1n) is 7.95. The van der Waals surface area contributed by atoms with Crippen LogP contribution in [0.2, 0.25) is 5.02 Å². The molecule has 2 aromatic carbocycles. The molecule has 1 N–H and O–H groups in total. The zero-order chi connectivity index (χ0) is 18.9. The van der Waals surface area contributed by atoms with Crippen LogP contribution in [0.3, 0.4) is 0 Å². The van der Waals surface area contributed by atoms with Gasteiger partial charge in [-0.3, -0.25) is 4.79 Å². The Bertz CT molecular complexity index is 748. The van der Waals surface area contributed by atoms with Crippen molar-refractivity contribution in [1.82, 2.24) is 5.32 Å². The standard InChI is InChI=1S/C19H20ClNO5/c1-13(14-4-3-5-15(20)10-14)21-18(22)11-26-19(23)12-25-17-8-6-16(24-2)7-9-17/h3-10,13H,11-12H2,1-2H3,(H,21,22)/t13-/m0/s1. The minimum atomic E-state index is -0.633. The van der Waals surface area contributed by atoms with Crippen molar-refractivity contribution in [3.05, 3.63) is 59.1 Å². The van der Waals surface area contributed by atoms with Crippen molar-refractivity contribution in [1.29, 1.82) is 0 Å². The molecule has 0 fully saturated rings. The minimum absolute atomic E-state index is 0.254. The van der Waals surface area contributed by atoms with Gasteiger partial charge in [-0.05, 0) is 48.9 Å². The van der Waals surface area contributed by atoms with Gasteiger partial charge >= 0.3 is 5.97 Å². The van der Waals surface area contributed by atoms with Gasteiger partial charge < -0.3 is 19.5 Å². The summed E-state index contributed by atoms with van der Waals surface area (Å²) in [5, 5.41) is 3.32. The van der Waals surface area contributed by atoms with Gasteiger partial charge in [-0.1, -0.05) is 23.7 Å². The van der Waals surface area contributed by atoms with Crippen molar-refractivity contribution in [2.45, 2.75) is 13.0 Å². The van der Waals surface area contributed by atoms with E-state index in [0.717, 1.165) is 5.56 Å². The van der Waals surface area contributed by atoms with Gasteiger partial charge in [0.25, 0.3) is 5.91 Å². The van der Waals surface area contributed by atoms with E-state index in [0.29, 0.717) is 16.5 Å². The van der Waals surface area contributed by atoms with Crippen molar-refractivity contribution in [2.24, 2.45) is 0 Å². The maximum absolute atomic E-state index is 11.9. The molecule has 0 aliphatic carbocycles. The molecule has 0 aliphatic rings. The molecule has 0 bridgehead atoms. The number of carbonyl (C=O) groups is 2. The number of hydrogen-bond donors (Lipinski definition) is 1. The first kappa shape index (κ1) is 19.6. The van der Waals surface area contributed by atoms with Crippen LogP contribution >= 0.6 is 11.6 Å². The van der Waals surface area contributed by atoms with Gasteiger partial charge in [-0.15, -0.1) is 0 Å². The summed E-state index contributed by atoms with van der Waals surface area (Å²) in [6, 6.07) is 13.7. The van der Waals surface area contributed by atoms with E-state index in [1.165, 1.54) is 0 Å². The van der Waals surface area contributed by atoms with Gasteiger partial charge in [0.05, 0.1) is 13.2 Å². The number of hydrogen-bond acceptors (Lipinski definition) is 5. The van der Waals surface area contributed by atoms with E-state index in [1.54, 1.807) is 49.6 Å². The van der Waals surface area contributed by atoms with Crippen LogP contribution in [0.5, 0.6) is 11.5 Å². The van der Waals surface area contributed by atoms with Crippen molar-refractivity contribution < 1.29 is 23.8 Å². The van der Waals surface area contributed by atoms with Crippen molar-refractivity contribution >= 4 is 23.5 Å². The highest BCUT2D eigenvalue weighted by Crippen LogP contribution is 2.18. The highest BCUT2D eigenvalue weighted by Gasteiger charge is 2.12. The third kappa shape index (κ3) is 6.29. The van der Waals surface area contributed by atoms with E-state index in [4.69, 9.17) is 25.8 Å². The van der Waals surface area contributed by atoms with Crippen molar-refractivity contribution in [3.8, 4) is 11.5 Å². The van der Waals surface area contributed by atoms with Gasteiger partial charge in [-0.25, -0.2) is 4.79 Å². The van der Waals surface area contributed by atoms with Crippen LogP contribution in [-0.4, -0.2) is 32.2 Å². The predicted octanol–water partition coefficient (Wildman–Crippen LogP) is 3.15. The molecule has 138 valence electrons. The summed E-state index contributed by atoms with van der Waals surface area (Å²) >= 11 is 5.93. The lowest BCUT2D eigenvalue weighted by Gasteiger charge is -2.14. The second kappa shape index (κ2) is 9.68. The Morgan fingerprint density at radius 3 is 2.42 bits per heavy atom. The van der Waals surface area contributed by atoms with Gasteiger partial charge in [0.1, 0.15) is 11.5 Å². The van der Waals surface area contributed by atoms with Crippen LogP contribution in [0, 0.1) is 0 Å². The predicted molar refractivity (Wildman–Crippen MR) is 97.5 cm³/mol. The summed E-state index contributed by atoms with van der Waals surface area (Å²) in [5.74, 6) is 0.147. The topological polar surface area (TPSA) is 73.9 Å². The average Bonchev–Trinajstić information content (AvgIpc) is 2.65. The SMILES string of the molecule is COc1ccc(OCC(=O)OCC(=O)N[C@@H](C)c2cccc(Cl)c2)cc1.